The summed E-state index contributed by atoms with van der Waals surface area (Å²) < 4.78 is 0. The lowest BCUT2D eigenvalue weighted by Crippen LogP contribution is -2.01. The van der Waals surface area contributed by atoms with Crippen LogP contribution in [0, 0.1) is 0 Å². The zero-order valence-corrected chi connectivity index (χ0v) is 10.9. The number of aromatic nitrogens is 3. The molecule has 5 nitrogen and oxygen atoms in total. The van der Waals surface area contributed by atoms with Gasteiger partial charge in [0.1, 0.15) is 5.82 Å². The van der Waals surface area contributed by atoms with Crippen LogP contribution in [0.25, 0.3) is 11.0 Å². The quantitative estimate of drug-likeness (QED) is 0.774. The summed E-state index contributed by atoms with van der Waals surface area (Å²) in [6.07, 6.45) is 1.73. The van der Waals surface area contributed by atoms with E-state index in [-0.39, 0.29) is 22.9 Å². The summed E-state index contributed by atoms with van der Waals surface area (Å²) in [6, 6.07) is 1.89. The molecule has 2 rings (SSSR count). The highest BCUT2D eigenvalue weighted by atomic mass is 79.9. The molecule has 0 atom stereocenters. The zero-order valence-electron chi connectivity index (χ0n) is 7.64. The molecule has 0 aliphatic carbocycles. The summed E-state index contributed by atoms with van der Waals surface area (Å²) in [5.74, 6) is 0.511. The molecular weight excluding hydrogens is 326 g/mol. The van der Waals surface area contributed by atoms with Crippen LogP contribution in [0.2, 0.25) is 0 Å². The van der Waals surface area contributed by atoms with E-state index in [0.717, 1.165) is 16.3 Å². The van der Waals surface area contributed by atoms with Crippen LogP contribution in [0.15, 0.2) is 12.3 Å². The third kappa shape index (κ3) is 2.35. The molecule has 0 spiro atoms. The lowest BCUT2D eigenvalue weighted by atomic mass is 10.2. The highest BCUT2D eigenvalue weighted by Gasteiger charge is 2.04. The second kappa shape index (κ2) is 4.71. The number of nitrogens with two attached hydrogens (primary N) is 2. The van der Waals surface area contributed by atoms with Crippen molar-refractivity contribution in [2.75, 3.05) is 11.5 Å². The highest BCUT2D eigenvalue weighted by Crippen LogP contribution is 2.18. The van der Waals surface area contributed by atoms with Crippen LogP contribution in [0.1, 0.15) is 5.56 Å². The van der Waals surface area contributed by atoms with Gasteiger partial charge in [-0.3, -0.25) is 0 Å². The number of rotatable bonds is 1. The van der Waals surface area contributed by atoms with Gasteiger partial charge >= 0.3 is 0 Å². The van der Waals surface area contributed by atoms with Crippen molar-refractivity contribution in [3.8, 4) is 0 Å². The fourth-order valence-corrected chi connectivity index (χ4v) is 1.48. The highest BCUT2D eigenvalue weighted by molar-refractivity contribution is 9.08. The molecule has 0 fully saturated rings. The lowest BCUT2D eigenvalue weighted by Gasteiger charge is -2.02. The molecule has 4 N–H and O–H groups in total. The van der Waals surface area contributed by atoms with Gasteiger partial charge in [-0.1, -0.05) is 15.9 Å². The second-order valence-electron chi connectivity index (χ2n) is 2.82. The Hall–Kier alpha value is -0.950. The second-order valence-corrected chi connectivity index (χ2v) is 3.38. The molecule has 0 saturated heterocycles. The van der Waals surface area contributed by atoms with Gasteiger partial charge in [-0.2, -0.15) is 9.97 Å². The predicted molar refractivity (Wildman–Crippen MR) is 69.1 cm³/mol. The number of nitrogens with zero attached hydrogens (tertiary/aromatic N) is 3. The Kier molecular flexibility index (Phi) is 3.81. The fraction of sp³-hybridized carbons (Fsp3) is 0.125. The van der Waals surface area contributed by atoms with Crippen molar-refractivity contribution in [3.63, 3.8) is 0 Å². The topological polar surface area (TPSA) is 90.7 Å². The molecule has 80 valence electrons. The lowest BCUT2D eigenvalue weighted by molar-refractivity contribution is 1.19. The molecule has 0 aliphatic rings. The Morgan fingerprint density at radius 1 is 1.27 bits per heavy atom. The van der Waals surface area contributed by atoms with Crippen molar-refractivity contribution in [2.24, 2.45) is 0 Å². The summed E-state index contributed by atoms with van der Waals surface area (Å²) in [4.78, 5) is 12.0. The third-order valence-corrected chi connectivity index (χ3v) is 2.46. The number of halogens is 2. The number of hydrogen-bond donors (Lipinski definition) is 2. The summed E-state index contributed by atoms with van der Waals surface area (Å²) in [5.41, 5.74) is 12.7. The van der Waals surface area contributed by atoms with Gasteiger partial charge in [0.25, 0.3) is 0 Å². The molecule has 0 amide bonds. The van der Waals surface area contributed by atoms with Crippen LogP contribution < -0.4 is 11.5 Å². The maximum Gasteiger partial charge on any atom is 0.224 e. The van der Waals surface area contributed by atoms with Gasteiger partial charge < -0.3 is 11.5 Å². The third-order valence-electron chi connectivity index (χ3n) is 1.81. The van der Waals surface area contributed by atoms with Crippen LogP contribution in [0.4, 0.5) is 11.8 Å². The maximum absolute atomic E-state index is 5.69. The van der Waals surface area contributed by atoms with Gasteiger partial charge in [-0.25, -0.2) is 4.98 Å². The number of alkyl halides is 1. The number of pyridine rings is 1. The van der Waals surface area contributed by atoms with Crippen molar-refractivity contribution < 1.29 is 0 Å². The van der Waals surface area contributed by atoms with Crippen molar-refractivity contribution in [1.29, 1.82) is 0 Å². The molecule has 0 aliphatic heterocycles. The normalized spacial score (nSPS) is 9.93. The SMILES string of the molecule is Br.Nc1nc(N)c2cc(CBr)cnc2n1. The van der Waals surface area contributed by atoms with Gasteiger partial charge in [0.15, 0.2) is 5.65 Å². The van der Waals surface area contributed by atoms with Gasteiger partial charge in [0.2, 0.25) is 5.95 Å². The Bertz CT molecular complexity index is 488. The van der Waals surface area contributed by atoms with Crippen LogP contribution in [0.5, 0.6) is 0 Å². The smallest absolute Gasteiger partial charge is 0.224 e. The maximum atomic E-state index is 5.69. The average Bonchev–Trinajstić information content (AvgIpc) is 2.17. The molecule has 7 heteroatoms. The molecule has 0 saturated carbocycles. The van der Waals surface area contributed by atoms with Crippen LogP contribution in [0.3, 0.4) is 0 Å². The molecule has 2 heterocycles. The Morgan fingerprint density at radius 2 is 2.00 bits per heavy atom. The Labute approximate surface area is 105 Å². The van der Waals surface area contributed by atoms with Crippen LogP contribution in [-0.2, 0) is 5.33 Å². The monoisotopic (exact) mass is 333 g/mol. The van der Waals surface area contributed by atoms with E-state index in [1.807, 2.05) is 6.07 Å². The molecular formula is C8H9Br2N5. The fourth-order valence-electron chi connectivity index (χ4n) is 1.17. The Balaban J connectivity index is 0.00000112. The van der Waals surface area contributed by atoms with E-state index in [0.29, 0.717) is 11.5 Å². The van der Waals surface area contributed by atoms with Crippen LogP contribution in [-0.4, -0.2) is 15.0 Å². The number of anilines is 2. The molecule has 0 aromatic carbocycles. The van der Waals surface area contributed by atoms with Crippen molar-refractivity contribution in [3.05, 3.63) is 17.8 Å². The van der Waals surface area contributed by atoms with E-state index < -0.39 is 0 Å². The summed E-state index contributed by atoms with van der Waals surface area (Å²) in [5, 5.41) is 1.45. The Morgan fingerprint density at radius 3 is 2.67 bits per heavy atom. The van der Waals surface area contributed by atoms with Gasteiger partial charge in [0, 0.05) is 11.5 Å². The van der Waals surface area contributed by atoms with Gasteiger partial charge in [0.05, 0.1) is 5.39 Å². The van der Waals surface area contributed by atoms with E-state index in [4.69, 9.17) is 11.5 Å². The summed E-state index contributed by atoms with van der Waals surface area (Å²) >= 11 is 3.34. The first-order chi connectivity index (χ1) is 6.70. The zero-order chi connectivity index (χ0) is 10.1. The predicted octanol–water partition coefficient (Wildman–Crippen LogP) is 1.66. The number of fused-ring (bicyclic) bond motifs is 1. The molecule has 0 bridgehead atoms. The van der Waals surface area contributed by atoms with E-state index in [9.17, 15) is 0 Å². The molecule has 2 aromatic rings. The number of nitrogen functional groups attached to an aromatic ring is 2. The summed E-state index contributed by atoms with van der Waals surface area (Å²) in [7, 11) is 0. The first-order valence-corrected chi connectivity index (χ1v) is 5.06. The van der Waals surface area contributed by atoms with E-state index >= 15 is 0 Å². The molecule has 15 heavy (non-hydrogen) atoms. The van der Waals surface area contributed by atoms with Gasteiger partial charge in [-0.15, -0.1) is 17.0 Å². The standard InChI is InChI=1S/C8H8BrN5.BrH/c9-2-4-1-5-6(10)13-8(11)14-7(5)12-3-4;/h1,3H,2H2,(H4,10,11,12,13,14);1H. The van der Waals surface area contributed by atoms with E-state index in [1.165, 1.54) is 0 Å². The summed E-state index contributed by atoms with van der Waals surface area (Å²) in [6.45, 7) is 0. The van der Waals surface area contributed by atoms with Crippen LogP contribution >= 0.6 is 32.9 Å². The van der Waals surface area contributed by atoms with Crippen molar-refractivity contribution in [2.45, 2.75) is 5.33 Å². The number of hydrogen-bond acceptors (Lipinski definition) is 5. The molecule has 0 unspecified atom stereocenters. The molecule has 2 aromatic heterocycles. The van der Waals surface area contributed by atoms with E-state index in [1.54, 1.807) is 6.20 Å². The first-order valence-electron chi connectivity index (χ1n) is 3.94. The average molecular weight is 335 g/mol. The van der Waals surface area contributed by atoms with E-state index in [2.05, 4.69) is 30.9 Å². The minimum atomic E-state index is 0. The minimum absolute atomic E-state index is 0. The largest absolute Gasteiger partial charge is 0.383 e. The van der Waals surface area contributed by atoms with Gasteiger partial charge in [-0.05, 0) is 11.6 Å². The molecule has 0 radical (unpaired) electrons. The van der Waals surface area contributed by atoms with Crippen molar-refractivity contribution in [1.82, 2.24) is 15.0 Å². The minimum Gasteiger partial charge on any atom is -0.383 e. The van der Waals surface area contributed by atoms with Crippen molar-refractivity contribution >= 4 is 55.7 Å². The first kappa shape index (κ1) is 12.1.